The molecule has 0 bridgehead atoms. The van der Waals surface area contributed by atoms with E-state index in [1.165, 1.54) is 12.1 Å². The van der Waals surface area contributed by atoms with Gasteiger partial charge in [-0.15, -0.1) is 0 Å². The van der Waals surface area contributed by atoms with Gasteiger partial charge in [0.05, 0.1) is 11.3 Å². The van der Waals surface area contributed by atoms with Crippen molar-refractivity contribution >= 4 is 17.5 Å². The maximum Gasteiger partial charge on any atom is 0.269 e. The lowest BCUT2D eigenvalue weighted by Crippen LogP contribution is -2.27. The van der Waals surface area contributed by atoms with Gasteiger partial charge in [0.1, 0.15) is 16.9 Å². The summed E-state index contributed by atoms with van der Waals surface area (Å²) in [5, 5.41) is 0. The molecule has 1 saturated heterocycles. The van der Waals surface area contributed by atoms with Crippen molar-refractivity contribution in [1.82, 2.24) is 9.88 Å². The fraction of sp³-hybridized carbons (Fsp3) is 0.250. The van der Waals surface area contributed by atoms with Crippen molar-refractivity contribution in [2.24, 2.45) is 17.1 Å². The van der Waals surface area contributed by atoms with Crippen molar-refractivity contribution in [3.05, 3.63) is 47.2 Å². The summed E-state index contributed by atoms with van der Waals surface area (Å²) in [7, 11) is 1.71. The smallest absolute Gasteiger partial charge is 0.269 e. The van der Waals surface area contributed by atoms with E-state index in [4.69, 9.17) is 11.5 Å². The molecule has 2 aromatic rings. The molecule has 1 aliphatic carbocycles. The number of halogens is 2. The number of amides is 2. The van der Waals surface area contributed by atoms with Gasteiger partial charge in [-0.2, -0.15) is 0 Å². The van der Waals surface area contributed by atoms with Gasteiger partial charge in [-0.25, -0.2) is 13.8 Å². The Kier molecular flexibility index (Phi) is 3.85. The van der Waals surface area contributed by atoms with Gasteiger partial charge in [-0.1, -0.05) is 11.8 Å². The highest BCUT2D eigenvalue weighted by Crippen LogP contribution is 2.57. The third kappa shape index (κ3) is 2.67. The van der Waals surface area contributed by atoms with Gasteiger partial charge < -0.3 is 16.4 Å². The van der Waals surface area contributed by atoms with Crippen LogP contribution in [0.2, 0.25) is 0 Å². The molecule has 1 saturated carbocycles. The van der Waals surface area contributed by atoms with Crippen molar-refractivity contribution in [3.8, 4) is 23.1 Å². The molecule has 1 aromatic carbocycles. The summed E-state index contributed by atoms with van der Waals surface area (Å²) in [5.74, 6) is 3.47. The highest BCUT2D eigenvalue weighted by molar-refractivity contribution is 5.96. The predicted molar refractivity (Wildman–Crippen MR) is 97.6 cm³/mol. The standard InChI is InChI=1S/C20H16F2N4O2/c1-26-9-12-8-20(12,19(26)28)5-4-10-6-11(2-3-13(10)21)16-14(22)7-15(23)17(25-16)18(24)27/h2-3,6-7,12H,8-9,23H2,1H3,(H2,24,27)/t12?,20-/m0/s1. The van der Waals surface area contributed by atoms with Gasteiger partial charge in [0.15, 0.2) is 11.5 Å². The number of pyridine rings is 1. The fourth-order valence-corrected chi connectivity index (χ4v) is 3.62. The maximum absolute atomic E-state index is 14.3. The van der Waals surface area contributed by atoms with Crippen LogP contribution in [0.5, 0.6) is 0 Å². The third-order valence-electron chi connectivity index (χ3n) is 5.23. The predicted octanol–water partition coefficient (Wildman–Crippen LogP) is 1.54. The summed E-state index contributed by atoms with van der Waals surface area (Å²) in [5.41, 5.74) is 9.62. The molecule has 28 heavy (non-hydrogen) atoms. The number of nitrogens with two attached hydrogens (primary N) is 2. The number of hydrogen-bond donors (Lipinski definition) is 2. The normalized spacial score (nSPS) is 22.5. The van der Waals surface area contributed by atoms with Gasteiger partial charge in [-0.05, 0) is 24.6 Å². The van der Waals surface area contributed by atoms with Crippen molar-refractivity contribution in [2.45, 2.75) is 6.42 Å². The van der Waals surface area contributed by atoms with E-state index in [-0.39, 0.29) is 40.0 Å². The van der Waals surface area contributed by atoms with Gasteiger partial charge in [0.25, 0.3) is 5.91 Å². The second-order valence-electron chi connectivity index (χ2n) is 7.12. The van der Waals surface area contributed by atoms with Crippen LogP contribution >= 0.6 is 0 Å². The van der Waals surface area contributed by atoms with Gasteiger partial charge in [0, 0.05) is 31.1 Å². The Labute approximate surface area is 159 Å². The molecule has 2 fully saturated rings. The molecule has 1 aromatic heterocycles. The van der Waals surface area contributed by atoms with Gasteiger partial charge in [0.2, 0.25) is 5.91 Å². The Hall–Kier alpha value is -3.47. The maximum atomic E-state index is 14.3. The molecule has 8 heteroatoms. The number of carbonyl (C=O) groups is 2. The Morgan fingerprint density at radius 3 is 2.71 bits per heavy atom. The number of fused-ring (bicyclic) bond motifs is 1. The van der Waals surface area contributed by atoms with Crippen LogP contribution in [0.15, 0.2) is 24.3 Å². The van der Waals surface area contributed by atoms with E-state index in [0.717, 1.165) is 12.1 Å². The molecule has 2 amide bonds. The number of nitrogen functional groups attached to an aromatic ring is 1. The average Bonchev–Trinajstić information content (AvgIpc) is 3.27. The molecule has 142 valence electrons. The number of hydrogen-bond acceptors (Lipinski definition) is 4. The van der Waals surface area contributed by atoms with E-state index in [0.29, 0.717) is 13.0 Å². The number of anilines is 1. The molecule has 1 aliphatic heterocycles. The van der Waals surface area contributed by atoms with Gasteiger partial charge in [-0.3, -0.25) is 9.59 Å². The largest absolute Gasteiger partial charge is 0.397 e. The highest BCUT2D eigenvalue weighted by Gasteiger charge is 2.65. The summed E-state index contributed by atoms with van der Waals surface area (Å²) in [6.07, 6.45) is 0.667. The first-order valence-electron chi connectivity index (χ1n) is 8.57. The fourth-order valence-electron chi connectivity index (χ4n) is 3.62. The molecule has 6 nitrogen and oxygen atoms in total. The summed E-state index contributed by atoms with van der Waals surface area (Å²) in [6.45, 7) is 0.645. The third-order valence-corrected chi connectivity index (χ3v) is 5.23. The van der Waals surface area contributed by atoms with Crippen LogP contribution in [0.4, 0.5) is 14.5 Å². The lowest BCUT2D eigenvalue weighted by Gasteiger charge is -2.11. The Balaban J connectivity index is 1.74. The number of likely N-dealkylation sites (tertiary alicyclic amines) is 1. The van der Waals surface area contributed by atoms with Crippen LogP contribution in [-0.2, 0) is 4.79 Å². The van der Waals surface area contributed by atoms with E-state index in [1.807, 2.05) is 0 Å². The number of nitrogens with zero attached hydrogens (tertiary/aromatic N) is 2. The van der Waals surface area contributed by atoms with E-state index < -0.39 is 23.0 Å². The second kappa shape index (κ2) is 6.02. The zero-order valence-electron chi connectivity index (χ0n) is 14.9. The summed E-state index contributed by atoms with van der Waals surface area (Å²) in [6, 6.07) is 4.72. The zero-order chi connectivity index (χ0) is 20.2. The van der Waals surface area contributed by atoms with Crippen molar-refractivity contribution < 1.29 is 18.4 Å². The van der Waals surface area contributed by atoms with Crippen LogP contribution in [0.25, 0.3) is 11.3 Å². The number of benzene rings is 1. The molecule has 2 heterocycles. The zero-order valence-corrected chi connectivity index (χ0v) is 14.9. The molecule has 4 rings (SSSR count). The van der Waals surface area contributed by atoms with Crippen molar-refractivity contribution in [2.75, 3.05) is 19.3 Å². The van der Waals surface area contributed by atoms with Crippen LogP contribution < -0.4 is 11.5 Å². The van der Waals surface area contributed by atoms with Crippen molar-refractivity contribution in [1.29, 1.82) is 0 Å². The molecular formula is C20H16F2N4O2. The SMILES string of the molecule is CN1CC2C[C@]2(C#Cc2cc(-c3nc(C(N)=O)c(N)cc3F)ccc2F)C1=O. The highest BCUT2D eigenvalue weighted by atomic mass is 19.1. The topological polar surface area (TPSA) is 102 Å². The number of aromatic nitrogens is 1. The van der Waals surface area contributed by atoms with Crippen LogP contribution in [-0.4, -0.2) is 35.3 Å². The summed E-state index contributed by atoms with van der Waals surface area (Å²) in [4.78, 5) is 29.2. The lowest BCUT2D eigenvalue weighted by molar-refractivity contribution is -0.130. The van der Waals surface area contributed by atoms with E-state index in [1.54, 1.807) is 11.9 Å². The molecule has 1 unspecified atom stereocenters. The first-order chi connectivity index (χ1) is 13.2. The second-order valence-corrected chi connectivity index (χ2v) is 7.12. The van der Waals surface area contributed by atoms with E-state index in [9.17, 15) is 18.4 Å². The molecule has 2 atom stereocenters. The van der Waals surface area contributed by atoms with Crippen LogP contribution in [0.3, 0.4) is 0 Å². The van der Waals surface area contributed by atoms with Crippen molar-refractivity contribution in [3.63, 3.8) is 0 Å². The van der Waals surface area contributed by atoms with E-state index in [2.05, 4.69) is 16.8 Å². The minimum atomic E-state index is -0.899. The summed E-state index contributed by atoms with van der Waals surface area (Å²) < 4.78 is 28.6. The minimum Gasteiger partial charge on any atom is -0.397 e. The van der Waals surface area contributed by atoms with Crippen LogP contribution in [0.1, 0.15) is 22.5 Å². The molecule has 0 radical (unpaired) electrons. The lowest BCUT2D eigenvalue weighted by atomic mass is 10.0. The number of piperidine rings is 1. The Morgan fingerprint density at radius 2 is 2.07 bits per heavy atom. The Bertz CT molecular complexity index is 1110. The first kappa shape index (κ1) is 17.9. The summed E-state index contributed by atoms with van der Waals surface area (Å²) >= 11 is 0. The number of rotatable bonds is 2. The first-order valence-corrected chi connectivity index (χ1v) is 8.57. The number of primary amides is 1. The molecule has 0 spiro atoms. The average molecular weight is 382 g/mol. The van der Waals surface area contributed by atoms with Gasteiger partial charge >= 0.3 is 0 Å². The molecule has 2 aliphatic rings. The Morgan fingerprint density at radius 1 is 1.32 bits per heavy atom. The molecular weight excluding hydrogens is 366 g/mol. The molecule has 4 N–H and O–H groups in total. The minimum absolute atomic E-state index is 0.0125. The monoisotopic (exact) mass is 382 g/mol. The van der Waals surface area contributed by atoms with E-state index >= 15 is 0 Å². The van der Waals surface area contributed by atoms with Crippen LogP contribution in [0, 0.1) is 34.8 Å². The number of carbonyl (C=O) groups excluding carboxylic acids is 2. The quantitative estimate of drug-likeness (QED) is 0.769.